The molecule has 0 aliphatic carbocycles. The van der Waals surface area contributed by atoms with Crippen LogP contribution in [0.25, 0.3) is 0 Å². The molecule has 0 bridgehead atoms. The molecule has 5 nitrogen and oxygen atoms in total. The predicted octanol–water partition coefficient (Wildman–Crippen LogP) is 3.71. The quantitative estimate of drug-likeness (QED) is 0.716. The van der Waals surface area contributed by atoms with E-state index in [0.29, 0.717) is 32.5 Å². The second-order valence-electron chi connectivity index (χ2n) is 7.07. The summed E-state index contributed by atoms with van der Waals surface area (Å²) in [4.78, 5) is 26.8. The lowest BCUT2D eigenvalue weighted by atomic mass is 9.72. The number of nitrogens with zero attached hydrogens (tertiary/aromatic N) is 1. The highest BCUT2D eigenvalue weighted by Gasteiger charge is 2.44. The van der Waals surface area contributed by atoms with Crippen molar-refractivity contribution in [1.29, 1.82) is 0 Å². The molecule has 1 amide bonds. The van der Waals surface area contributed by atoms with Gasteiger partial charge in [0.15, 0.2) is 0 Å². The molecule has 3 rings (SSSR count). The number of ether oxygens (including phenoxy) is 2. The van der Waals surface area contributed by atoms with E-state index in [4.69, 9.17) is 9.47 Å². The van der Waals surface area contributed by atoms with Crippen LogP contribution in [0.4, 0.5) is 0 Å². The fraction of sp³-hybridized carbons (Fsp3) is 0.391. The summed E-state index contributed by atoms with van der Waals surface area (Å²) in [5.41, 5.74) is 1.07. The van der Waals surface area contributed by atoms with Crippen LogP contribution in [0.15, 0.2) is 54.6 Å². The van der Waals surface area contributed by atoms with E-state index in [1.54, 1.807) is 11.8 Å². The van der Waals surface area contributed by atoms with Crippen LogP contribution in [0.1, 0.15) is 37.8 Å². The molecule has 0 spiro atoms. The van der Waals surface area contributed by atoms with E-state index >= 15 is 0 Å². The van der Waals surface area contributed by atoms with Crippen molar-refractivity contribution < 1.29 is 19.1 Å². The molecule has 0 saturated carbocycles. The smallest absolute Gasteiger partial charge is 0.317 e. The highest BCUT2D eigenvalue weighted by Crippen LogP contribution is 2.37. The molecule has 1 fully saturated rings. The molecule has 0 radical (unpaired) electrons. The van der Waals surface area contributed by atoms with Gasteiger partial charge in [-0.15, -0.1) is 0 Å². The lowest BCUT2D eigenvalue weighted by molar-refractivity contribution is -0.155. The zero-order valence-corrected chi connectivity index (χ0v) is 16.5. The van der Waals surface area contributed by atoms with Gasteiger partial charge in [-0.3, -0.25) is 9.59 Å². The summed E-state index contributed by atoms with van der Waals surface area (Å²) in [5, 5.41) is 0. The topological polar surface area (TPSA) is 55.8 Å². The first-order chi connectivity index (χ1) is 13.6. The molecule has 1 aliphatic heterocycles. The van der Waals surface area contributed by atoms with E-state index < -0.39 is 5.41 Å². The van der Waals surface area contributed by atoms with E-state index in [-0.39, 0.29) is 18.5 Å². The maximum Gasteiger partial charge on any atom is 0.317 e. The van der Waals surface area contributed by atoms with Crippen LogP contribution in [0.2, 0.25) is 0 Å². The molecule has 5 heteroatoms. The number of piperidine rings is 1. The molecule has 0 aromatic heterocycles. The number of benzene rings is 2. The molecular weight excluding hydrogens is 354 g/mol. The average molecular weight is 381 g/mol. The lowest BCUT2D eigenvalue weighted by Crippen LogP contribution is -2.49. The summed E-state index contributed by atoms with van der Waals surface area (Å²) in [7, 11) is 0. The fourth-order valence-electron chi connectivity index (χ4n) is 3.77. The Morgan fingerprint density at radius 3 is 2.29 bits per heavy atom. The Labute approximate surface area is 166 Å². The van der Waals surface area contributed by atoms with E-state index in [0.717, 1.165) is 16.9 Å². The average Bonchev–Trinajstić information content (AvgIpc) is 2.73. The standard InChI is InChI=1S/C23H27NO4/c1-3-27-21-12-8-7-9-19(21)17-28-22(26)23(20-10-5-4-6-11-20)13-15-24(16-14-23)18(2)25/h4-12H,3,13-17H2,1-2H3. The third-order valence-corrected chi connectivity index (χ3v) is 5.41. The van der Waals surface area contributed by atoms with Crippen LogP contribution in [0.3, 0.4) is 0 Å². The molecular formula is C23H27NO4. The zero-order chi connectivity index (χ0) is 20.0. The summed E-state index contributed by atoms with van der Waals surface area (Å²) in [6.07, 6.45) is 1.12. The fourth-order valence-corrected chi connectivity index (χ4v) is 3.77. The summed E-state index contributed by atoms with van der Waals surface area (Å²) in [5.74, 6) is 0.534. The van der Waals surface area contributed by atoms with E-state index in [2.05, 4.69) is 0 Å². The molecule has 1 aliphatic rings. The van der Waals surface area contributed by atoms with Crippen molar-refractivity contribution in [2.24, 2.45) is 0 Å². The molecule has 28 heavy (non-hydrogen) atoms. The molecule has 1 heterocycles. The van der Waals surface area contributed by atoms with Crippen LogP contribution < -0.4 is 4.74 Å². The number of hydrogen-bond donors (Lipinski definition) is 0. The monoisotopic (exact) mass is 381 g/mol. The van der Waals surface area contributed by atoms with Crippen molar-refractivity contribution >= 4 is 11.9 Å². The third kappa shape index (κ3) is 4.19. The SMILES string of the molecule is CCOc1ccccc1COC(=O)C1(c2ccccc2)CCN(C(C)=O)CC1. The summed E-state index contributed by atoms with van der Waals surface area (Å²) < 4.78 is 11.4. The second kappa shape index (κ2) is 8.91. The Balaban J connectivity index is 1.80. The number of likely N-dealkylation sites (tertiary alicyclic amines) is 1. The van der Waals surface area contributed by atoms with Crippen molar-refractivity contribution in [3.63, 3.8) is 0 Å². The number of para-hydroxylation sites is 1. The lowest BCUT2D eigenvalue weighted by Gasteiger charge is -2.40. The minimum Gasteiger partial charge on any atom is -0.493 e. The Kier molecular flexibility index (Phi) is 6.34. The Morgan fingerprint density at radius 1 is 1.00 bits per heavy atom. The number of hydrogen-bond acceptors (Lipinski definition) is 4. The zero-order valence-electron chi connectivity index (χ0n) is 16.5. The third-order valence-electron chi connectivity index (χ3n) is 5.41. The number of carbonyl (C=O) groups excluding carboxylic acids is 2. The number of rotatable bonds is 6. The van der Waals surface area contributed by atoms with Crippen LogP contribution >= 0.6 is 0 Å². The highest BCUT2D eigenvalue weighted by molar-refractivity contribution is 5.84. The molecule has 2 aromatic carbocycles. The maximum absolute atomic E-state index is 13.3. The van der Waals surface area contributed by atoms with Crippen LogP contribution in [0, 0.1) is 0 Å². The van der Waals surface area contributed by atoms with Crippen LogP contribution in [-0.2, 0) is 26.3 Å². The summed E-state index contributed by atoms with van der Waals surface area (Å²) >= 11 is 0. The largest absolute Gasteiger partial charge is 0.493 e. The molecule has 0 unspecified atom stereocenters. The molecule has 0 N–H and O–H groups in total. The van der Waals surface area contributed by atoms with Gasteiger partial charge in [0.05, 0.1) is 12.0 Å². The summed E-state index contributed by atoms with van der Waals surface area (Å²) in [6, 6.07) is 17.3. The van der Waals surface area contributed by atoms with Gasteiger partial charge in [0.1, 0.15) is 12.4 Å². The van der Waals surface area contributed by atoms with Gasteiger partial charge in [-0.05, 0) is 31.4 Å². The minimum atomic E-state index is -0.728. The normalized spacial score (nSPS) is 15.7. The molecule has 0 atom stereocenters. The van der Waals surface area contributed by atoms with Gasteiger partial charge in [-0.25, -0.2) is 0 Å². The highest BCUT2D eigenvalue weighted by atomic mass is 16.5. The Bertz CT molecular complexity index is 810. The molecule has 2 aromatic rings. The van der Waals surface area contributed by atoms with Crippen LogP contribution in [-0.4, -0.2) is 36.5 Å². The first-order valence-corrected chi connectivity index (χ1v) is 9.76. The van der Waals surface area contributed by atoms with Gasteiger partial charge in [0, 0.05) is 25.6 Å². The van der Waals surface area contributed by atoms with E-state index in [9.17, 15) is 9.59 Å². The minimum absolute atomic E-state index is 0.0423. The first kappa shape index (κ1) is 19.9. The van der Waals surface area contributed by atoms with Crippen molar-refractivity contribution in [2.45, 2.75) is 38.7 Å². The van der Waals surface area contributed by atoms with Gasteiger partial charge < -0.3 is 14.4 Å². The number of carbonyl (C=O) groups is 2. The van der Waals surface area contributed by atoms with E-state index in [1.807, 2.05) is 61.5 Å². The van der Waals surface area contributed by atoms with Gasteiger partial charge in [-0.1, -0.05) is 48.5 Å². The number of amides is 1. The van der Waals surface area contributed by atoms with E-state index in [1.165, 1.54) is 0 Å². The molecule has 1 saturated heterocycles. The van der Waals surface area contributed by atoms with Crippen molar-refractivity contribution in [1.82, 2.24) is 4.90 Å². The maximum atomic E-state index is 13.3. The van der Waals surface area contributed by atoms with Crippen molar-refractivity contribution in [3.05, 3.63) is 65.7 Å². The first-order valence-electron chi connectivity index (χ1n) is 9.76. The van der Waals surface area contributed by atoms with Gasteiger partial charge in [0.2, 0.25) is 5.91 Å². The van der Waals surface area contributed by atoms with Crippen LogP contribution in [0.5, 0.6) is 5.75 Å². The van der Waals surface area contributed by atoms with Crippen molar-refractivity contribution in [3.8, 4) is 5.75 Å². The van der Waals surface area contributed by atoms with Gasteiger partial charge in [-0.2, -0.15) is 0 Å². The second-order valence-corrected chi connectivity index (χ2v) is 7.07. The predicted molar refractivity (Wildman–Crippen MR) is 107 cm³/mol. The number of esters is 1. The summed E-state index contributed by atoms with van der Waals surface area (Å²) in [6.45, 7) is 5.32. The van der Waals surface area contributed by atoms with Gasteiger partial charge >= 0.3 is 5.97 Å². The molecule has 148 valence electrons. The van der Waals surface area contributed by atoms with Gasteiger partial charge in [0.25, 0.3) is 0 Å². The van der Waals surface area contributed by atoms with Crippen molar-refractivity contribution in [2.75, 3.05) is 19.7 Å². The Morgan fingerprint density at radius 2 is 1.64 bits per heavy atom. The Hall–Kier alpha value is -2.82.